The number of anilines is 1. The number of nitrogens with zero attached hydrogens (tertiary/aromatic N) is 3. The second-order valence-corrected chi connectivity index (χ2v) is 6.01. The van der Waals surface area contributed by atoms with Crippen LogP contribution >= 0.6 is 15.9 Å². The molecule has 0 unspecified atom stereocenters. The lowest BCUT2D eigenvalue weighted by Crippen LogP contribution is -2.09. The Morgan fingerprint density at radius 2 is 2.17 bits per heavy atom. The van der Waals surface area contributed by atoms with Crippen LogP contribution in [-0.2, 0) is 4.79 Å². The molecule has 1 aromatic carbocycles. The van der Waals surface area contributed by atoms with E-state index in [0.29, 0.717) is 40.2 Å². The molecule has 124 valence electrons. The van der Waals surface area contributed by atoms with Crippen LogP contribution in [0.15, 0.2) is 41.0 Å². The van der Waals surface area contributed by atoms with Gasteiger partial charge in [0.1, 0.15) is 11.6 Å². The van der Waals surface area contributed by atoms with Gasteiger partial charge in [-0.1, -0.05) is 12.1 Å². The molecule has 0 aliphatic heterocycles. The zero-order valence-corrected chi connectivity index (χ0v) is 14.1. The van der Waals surface area contributed by atoms with Crippen molar-refractivity contribution in [1.82, 2.24) is 14.6 Å². The molecule has 0 amide bonds. The first-order valence-corrected chi connectivity index (χ1v) is 8.10. The van der Waals surface area contributed by atoms with E-state index >= 15 is 0 Å². The van der Waals surface area contributed by atoms with Crippen molar-refractivity contribution in [3.8, 4) is 11.3 Å². The van der Waals surface area contributed by atoms with Crippen molar-refractivity contribution in [3.63, 3.8) is 0 Å². The van der Waals surface area contributed by atoms with Crippen LogP contribution in [0, 0.1) is 5.82 Å². The van der Waals surface area contributed by atoms with Gasteiger partial charge in [0.05, 0.1) is 16.4 Å². The summed E-state index contributed by atoms with van der Waals surface area (Å²) >= 11 is 3.38. The molecule has 0 spiro atoms. The number of carboxylic acid groups (broad SMARTS) is 1. The molecule has 0 aliphatic carbocycles. The minimum absolute atomic E-state index is 0.0736. The Hall–Kier alpha value is -2.48. The molecule has 8 heteroatoms. The maximum atomic E-state index is 14.1. The van der Waals surface area contributed by atoms with Gasteiger partial charge in [0, 0.05) is 24.6 Å². The first-order valence-electron chi connectivity index (χ1n) is 7.31. The van der Waals surface area contributed by atoms with E-state index in [1.54, 1.807) is 35.0 Å². The summed E-state index contributed by atoms with van der Waals surface area (Å²) in [6.45, 7) is 0.458. The summed E-state index contributed by atoms with van der Waals surface area (Å²) < 4.78 is 16.4. The predicted octanol–water partition coefficient (Wildman–Crippen LogP) is 3.57. The highest BCUT2D eigenvalue weighted by Crippen LogP contribution is 2.27. The molecule has 2 N–H and O–H groups in total. The van der Waals surface area contributed by atoms with Gasteiger partial charge in [-0.3, -0.25) is 4.79 Å². The molecular formula is C16H14BrFN4O2. The zero-order valence-electron chi connectivity index (χ0n) is 12.5. The number of nitrogens with one attached hydrogen (secondary N) is 1. The third-order valence-electron chi connectivity index (χ3n) is 3.45. The maximum Gasteiger partial charge on any atom is 0.303 e. The first-order chi connectivity index (χ1) is 11.6. The first kappa shape index (κ1) is 16.4. The molecule has 2 aromatic heterocycles. The maximum absolute atomic E-state index is 14.1. The molecule has 3 rings (SSSR count). The van der Waals surface area contributed by atoms with E-state index in [2.05, 4.69) is 31.3 Å². The smallest absolute Gasteiger partial charge is 0.303 e. The number of aliphatic carboxylic acids is 1. The van der Waals surface area contributed by atoms with Gasteiger partial charge < -0.3 is 10.4 Å². The van der Waals surface area contributed by atoms with Crippen LogP contribution in [0.1, 0.15) is 12.8 Å². The van der Waals surface area contributed by atoms with Crippen LogP contribution in [0.25, 0.3) is 16.9 Å². The van der Waals surface area contributed by atoms with E-state index in [4.69, 9.17) is 5.11 Å². The number of rotatable bonds is 6. The molecule has 0 atom stereocenters. The average molecular weight is 393 g/mol. The van der Waals surface area contributed by atoms with Crippen molar-refractivity contribution in [2.75, 3.05) is 11.9 Å². The number of fused-ring (bicyclic) bond motifs is 1. The van der Waals surface area contributed by atoms with E-state index < -0.39 is 5.97 Å². The molecule has 0 aliphatic rings. The molecular weight excluding hydrogens is 379 g/mol. The Bertz CT molecular complexity index is 897. The van der Waals surface area contributed by atoms with E-state index in [1.165, 1.54) is 6.07 Å². The lowest BCUT2D eigenvalue weighted by atomic mass is 10.1. The van der Waals surface area contributed by atoms with Crippen molar-refractivity contribution in [2.45, 2.75) is 12.8 Å². The molecule has 3 aromatic rings. The summed E-state index contributed by atoms with van der Waals surface area (Å²) in [6, 6.07) is 8.11. The van der Waals surface area contributed by atoms with Crippen molar-refractivity contribution in [1.29, 1.82) is 0 Å². The van der Waals surface area contributed by atoms with E-state index in [1.807, 2.05) is 0 Å². The van der Waals surface area contributed by atoms with Crippen molar-refractivity contribution < 1.29 is 14.3 Å². The van der Waals surface area contributed by atoms with Gasteiger partial charge in [-0.15, -0.1) is 0 Å². The average Bonchev–Trinajstić information content (AvgIpc) is 2.93. The van der Waals surface area contributed by atoms with E-state index in [9.17, 15) is 9.18 Å². The second kappa shape index (κ2) is 6.96. The monoisotopic (exact) mass is 392 g/mol. The van der Waals surface area contributed by atoms with Gasteiger partial charge in [-0.25, -0.2) is 9.37 Å². The molecule has 2 heterocycles. The quantitative estimate of drug-likeness (QED) is 0.626. The standard InChI is InChI=1S/C16H14BrFN4O2/c17-11-9-20-22-14(19-7-3-6-15(23)24)8-13(21-16(11)22)10-4-1-2-5-12(10)18/h1-2,4-5,8-9,19H,3,6-7H2,(H,23,24). The number of aromatic nitrogens is 3. The number of benzene rings is 1. The van der Waals surface area contributed by atoms with Crippen molar-refractivity contribution in [2.24, 2.45) is 0 Å². The number of carbonyl (C=O) groups is 1. The topological polar surface area (TPSA) is 79.5 Å². The normalized spacial score (nSPS) is 10.9. The van der Waals surface area contributed by atoms with Crippen LogP contribution in [0.4, 0.5) is 10.2 Å². The predicted molar refractivity (Wildman–Crippen MR) is 91.4 cm³/mol. The van der Waals surface area contributed by atoms with Crippen LogP contribution in [0.5, 0.6) is 0 Å². The fraction of sp³-hybridized carbons (Fsp3) is 0.188. The third kappa shape index (κ3) is 3.38. The summed E-state index contributed by atoms with van der Waals surface area (Å²) in [6.07, 6.45) is 2.15. The van der Waals surface area contributed by atoms with Crippen LogP contribution in [0.3, 0.4) is 0 Å². The second-order valence-electron chi connectivity index (χ2n) is 5.16. The van der Waals surface area contributed by atoms with Gasteiger partial charge in [0.25, 0.3) is 0 Å². The third-order valence-corrected chi connectivity index (χ3v) is 4.01. The molecule has 6 nitrogen and oxygen atoms in total. The Kier molecular flexibility index (Phi) is 4.75. The zero-order chi connectivity index (χ0) is 17.1. The van der Waals surface area contributed by atoms with Gasteiger partial charge in [-0.2, -0.15) is 9.61 Å². The Morgan fingerprint density at radius 3 is 2.92 bits per heavy atom. The Labute approximate surface area is 145 Å². The summed E-state index contributed by atoms with van der Waals surface area (Å²) in [4.78, 5) is 15.1. The van der Waals surface area contributed by atoms with Gasteiger partial charge in [0.2, 0.25) is 0 Å². The van der Waals surface area contributed by atoms with Crippen LogP contribution < -0.4 is 5.32 Å². The lowest BCUT2D eigenvalue weighted by molar-refractivity contribution is -0.137. The number of hydrogen-bond acceptors (Lipinski definition) is 4. The fourth-order valence-electron chi connectivity index (χ4n) is 2.32. The Balaban J connectivity index is 1.98. The molecule has 0 saturated heterocycles. The highest BCUT2D eigenvalue weighted by Gasteiger charge is 2.13. The molecule has 0 saturated carbocycles. The number of halogens is 2. The van der Waals surface area contributed by atoms with Gasteiger partial charge in [-0.05, 0) is 34.5 Å². The molecule has 0 bridgehead atoms. The Morgan fingerprint density at radius 1 is 1.38 bits per heavy atom. The largest absolute Gasteiger partial charge is 0.481 e. The highest BCUT2D eigenvalue weighted by molar-refractivity contribution is 9.10. The summed E-state index contributed by atoms with van der Waals surface area (Å²) in [5.41, 5.74) is 1.42. The van der Waals surface area contributed by atoms with Gasteiger partial charge in [0.15, 0.2) is 5.65 Å². The summed E-state index contributed by atoms with van der Waals surface area (Å²) in [5.74, 6) is -0.582. The number of hydrogen-bond donors (Lipinski definition) is 2. The highest BCUT2D eigenvalue weighted by atomic mass is 79.9. The lowest BCUT2D eigenvalue weighted by Gasteiger charge is -2.11. The van der Waals surface area contributed by atoms with Crippen LogP contribution in [0.2, 0.25) is 0 Å². The SMILES string of the molecule is O=C(O)CCCNc1cc(-c2ccccc2F)nc2c(Br)cnn12. The van der Waals surface area contributed by atoms with Crippen molar-refractivity contribution in [3.05, 3.63) is 46.8 Å². The molecule has 24 heavy (non-hydrogen) atoms. The van der Waals surface area contributed by atoms with Gasteiger partial charge >= 0.3 is 5.97 Å². The van der Waals surface area contributed by atoms with Crippen LogP contribution in [-0.4, -0.2) is 32.2 Å². The summed E-state index contributed by atoms with van der Waals surface area (Å²) in [5, 5.41) is 16.1. The molecule has 0 fully saturated rings. The van der Waals surface area contributed by atoms with E-state index in [-0.39, 0.29) is 12.2 Å². The summed E-state index contributed by atoms with van der Waals surface area (Å²) in [7, 11) is 0. The van der Waals surface area contributed by atoms with Crippen molar-refractivity contribution >= 4 is 33.4 Å². The minimum atomic E-state index is -0.842. The minimum Gasteiger partial charge on any atom is -0.481 e. The van der Waals surface area contributed by atoms with E-state index in [0.717, 1.165) is 0 Å². The molecule has 0 radical (unpaired) electrons. The fourth-order valence-corrected chi connectivity index (χ4v) is 2.67. The number of carboxylic acids is 1.